The lowest BCUT2D eigenvalue weighted by atomic mass is 10.0. The Morgan fingerprint density at radius 1 is 0.880 bits per heavy atom. The van der Waals surface area contributed by atoms with Gasteiger partial charge in [-0.05, 0) is 92.9 Å². The van der Waals surface area contributed by atoms with Gasteiger partial charge in [0.25, 0.3) is 0 Å². The summed E-state index contributed by atoms with van der Waals surface area (Å²) in [5, 5.41) is 0. The molecule has 0 bridgehead atoms. The molecular weight excluding hydrogens is 312 g/mol. The summed E-state index contributed by atoms with van der Waals surface area (Å²) in [5.41, 5.74) is -0.0450. The molecule has 0 unspecified atom stereocenters. The molecule has 0 aliphatic carbocycles. The third-order valence-corrected chi connectivity index (χ3v) is 4.95. The third-order valence-electron chi connectivity index (χ3n) is 4.95. The summed E-state index contributed by atoms with van der Waals surface area (Å²) in [5.74, 6) is 0. The second-order valence-electron chi connectivity index (χ2n) is 9.01. The summed E-state index contributed by atoms with van der Waals surface area (Å²) in [4.78, 5) is 5.05. The summed E-state index contributed by atoms with van der Waals surface area (Å²) in [6.07, 6.45) is 6.21. The van der Waals surface area contributed by atoms with Gasteiger partial charge < -0.3 is 19.3 Å². The van der Waals surface area contributed by atoms with E-state index in [1.54, 1.807) is 0 Å². The smallest absolute Gasteiger partial charge is 0.0627 e. The van der Waals surface area contributed by atoms with Crippen molar-refractivity contribution in [1.29, 1.82) is 0 Å². The monoisotopic (exact) mass is 356 g/mol. The van der Waals surface area contributed by atoms with Gasteiger partial charge in [0.15, 0.2) is 0 Å². The van der Waals surface area contributed by atoms with Crippen LogP contribution in [-0.4, -0.2) is 73.5 Å². The number of ether oxygens (including phenoxy) is 2. The van der Waals surface area contributed by atoms with Gasteiger partial charge in [0.2, 0.25) is 0 Å². The maximum Gasteiger partial charge on any atom is 0.0627 e. The predicted octanol–water partition coefficient (Wildman–Crippen LogP) is 4.18. The van der Waals surface area contributed by atoms with Crippen molar-refractivity contribution < 1.29 is 9.47 Å². The first-order valence-electron chi connectivity index (χ1n) is 10.4. The minimum Gasteiger partial charge on any atom is -0.376 e. The molecular formula is C21H44N2O2. The van der Waals surface area contributed by atoms with E-state index >= 15 is 0 Å². The predicted molar refractivity (Wildman–Crippen MR) is 107 cm³/mol. The van der Waals surface area contributed by atoms with Crippen molar-refractivity contribution in [3.05, 3.63) is 0 Å². The van der Waals surface area contributed by atoms with Crippen LogP contribution in [0.3, 0.4) is 0 Å². The van der Waals surface area contributed by atoms with Gasteiger partial charge in [-0.2, -0.15) is 0 Å². The molecule has 4 nitrogen and oxygen atoms in total. The van der Waals surface area contributed by atoms with Crippen LogP contribution in [-0.2, 0) is 9.47 Å². The van der Waals surface area contributed by atoms with Crippen molar-refractivity contribution in [3.63, 3.8) is 0 Å². The Morgan fingerprint density at radius 2 is 1.56 bits per heavy atom. The van der Waals surface area contributed by atoms with Crippen LogP contribution in [0.5, 0.6) is 0 Å². The Kier molecular flexibility index (Phi) is 10.6. The van der Waals surface area contributed by atoms with E-state index in [0.717, 1.165) is 45.7 Å². The van der Waals surface area contributed by atoms with Gasteiger partial charge in [0.05, 0.1) is 17.8 Å². The Labute approximate surface area is 157 Å². The highest BCUT2D eigenvalue weighted by molar-refractivity contribution is 4.71. The van der Waals surface area contributed by atoms with Crippen LogP contribution in [0.15, 0.2) is 0 Å². The number of hydrogen-bond acceptors (Lipinski definition) is 4. The van der Waals surface area contributed by atoms with Gasteiger partial charge in [0, 0.05) is 19.7 Å². The molecule has 0 spiro atoms. The van der Waals surface area contributed by atoms with E-state index in [0.29, 0.717) is 0 Å². The summed E-state index contributed by atoms with van der Waals surface area (Å²) in [6, 6.07) is 0. The Bertz CT molecular complexity index is 333. The number of hydrogen-bond donors (Lipinski definition) is 0. The highest BCUT2D eigenvalue weighted by Gasteiger charge is 2.19. The van der Waals surface area contributed by atoms with Gasteiger partial charge in [-0.3, -0.25) is 0 Å². The van der Waals surface area contributed by atoms with E-state index < -0.39 is 0 Å². The molecule has 1 saturated heterocycles. The summed E-state index contributed by atoms with van der Waals surface area (Å²) < 4.78 is 12.0. The first kappa shape index (κ1) is 22.9. The van der Waals surface area contributed by atoms with Crippen LogP contribution in [0.4, 0.5) is 0 Å². The third kappa shape index (κ3) is 12.0. The second-order valence-corrected chi connectivity index (χ2v) is 9.01. The molecule has 25 heavy (non-hydrogen) atoms. The summed E-state index contributed by atoms with van der Waals surface area (Å²) in [7, 11) is 0. The average molecular weight is 357 g/mol. The first-order valence-corrected chi connectivity index (χ1v) is 10.4. The standard InChI is InChI=1S/C21H44N2O2/c1-7-22(17-19-24-20(2,3)4)15-10-12-21(5,6)25-18-11-16-23-13-8-9-14-23/h7-19H2,1-6H3. The zero-order valence-electron chi connectivity index (χ0n) is 17.9. The van der Waals surface area contributed by atoms with Crippen LogP contribution in [0.2, 0.25) is 0 Å². The van der Waals surface area contributed by atoms with Crippen LogP contribution >= 0.6 is 0 Å². The molecule has 0 aromatic rings. The fourth-order valence-corrected chi connectivity index (χ4v) is 3.35. The maximum atomic E-state index is 6.16. The fraction of sp³-hybridized carbons (Fsp3) is 1.00. The molecule has 1 aliphatic rings. The van der Waals surface area contributed by atoms with E-state index in [4.69, 9.17) is 9.47 Å². The highest BCUT2D eigenvalue weighted by atomic mass is 16.5. The molecule has 1 aliphatic heterocycles. The number of nitrogens with zero attached hydrogens (tertiary/aromatic N) is 2. The molecule has 0 aromatic heterocycles. The van der Waals surface area contributed by atoms with Crippen molar-refractivity contribution in [2.24, 2.45) is 0 Å². The molecule has 0 aromatic carbocycles. The SMILES string of the molecule is CCN(CCCC(C)(C)OCCCN1CCCC1)CCOC(C)(C)C. The summed E-state index contributed by atoms with van der Waals surface area (Å²) in [6.45, 7) is 21.8. The average Bonchev–Trinajstić information content (AvgIpc) is 3.02. The number of likely N-dealkylation sites (N-methyl/N-ethyl adjacent to an activating group) is 1. The number of likely N-dealkylation sites (tertiary alicyclic amines) is 1. The largest absolute Gasteiger partial charge is 0.376 e. The maximum absolute atomic E-state index is 6.16. The van der Waals surface area contributed by atoms with Gasteiger partial charge in [-0.1, -0.05) is 6.92 Å². The van der Waals surface area contributed by atoms with Gasteiger partial charge in [0.1, 0.15) is 0 Å². The Hall–Kier alpha value is -0.160. The highest BCUT2D eigenvalue weighted by Crippen LogP contribution is 2.18. The van der Waals surface area contributed by atoms with Crippen LogP contribution in [0.25, 0.3) is 0 Å². The lowest BCUT2D eigenvalue weighted by Gasteiger charge is -2.28. The summed E-state index contributed by atoms with van der Waals surface area (Å²) >= 11 is 0. The lowest BCUT2D eigenvalue weighted by Crippen LogP contribution is -2.33. The van der Waals surface area contributed by atoms with Crippen molar-refractivity contribution in [3.8, 4) is 0 Å². The Balaban J connectivity index is 2.09. The molecule has 1 fully saturated rings. The van der Waals surface area contributed by atoms with Crippen LogP contribution < -0.4 is 0 Å². The van der Waals surface area contributed by atoms with Crippen molar-refractivity contribution in [2.45, 2.75) is 84.8 Å². The molecule has 1 heterocycles. The molecule has 0 radical (unpaired) electrons. The quantitative estimate of drug-likeness (QED) is 0.462. The normalized spacial score (nSPS) is 16.9. The molecule has 0 saturated carbocycles. The van der Waals surface area contributed by atoms with Gasteiger partial charge in [-0.25, -0.2) is 0 Å². The van der Waals surface area contributed by atoms with E-state index in [2.05, 4.69) is 51.3 Å². The van der Waals surface area contributed by atoms with Crippen molar-refractivity contribution >= 4 is 0 Å². The topological polar surface area (TPSA) is 24.9 Å². The molecule has 1 rings (SSSR count). The first-order chi connectivity index (χ1) is 11.7. The van der Waals surface area contributed by atoms with E-state index in [1.807, 2.05) is 0 Å². The molecule has 0 atom stereocenters. The fourth-order valence-electron chi connectivity index (χ4n) is 3.35. The van der Waals surface area contributed by atoms with Crippen molar-refractivity contribution in [1.82, 2.24) is 9.80 Å². The minimum atomic E-state index is -0.0374. The second kappa shape index (κ2) is 11.5. The molecule has 0 N–H and O–H groups in total. The number of rotatable bonds is 13. The molecule has 4 heteroatoms. The van der Waals surface area contributed by atoms with Crippen molar-refractivity contribution in [2.75, 3.05) is 52.5 Å². The van der Waals surface area contributed by atoms with Crippen LogP contribution in [0.1, 0.15) is 73.6 Å². The Morgan fingerprint density at radius 3 is 2.16 bits per heavy atom. The zero-order valence-corrected chi connectivity index (χ0v) is 17.9. The van der Waals surface area contributed by atoms with Gasteiger partial charge >= 0.3 is 0 Å². The van der Waals surface area contributed by atoms with E-state index in [9.17, 15) is 0 Å². The molecule has 0 amide bonds. The minimum absolute atomic E-state index is 0.00761. The molecule has 150 valence electrons. The zero-order chi connectivity index (χ0) is 18.8. The van der Waals surface area contributed by atoms with E-state index in [1.165, 1.54) is 38.9 Å². The van der Waals surface area contributed by atoms with Crippen LogP contribution in [0, 0.1) is 0 Å². The lowest BCUT2D eigenvalue weighted by molar-refractivity contribution is -0.0308. The van der Waals surface area contributed by atoms with E-state index in [-0.39, 0.29) is 11.2 Å². The van der Waals surface area contributed by atoms with Gasteiger partial charge in [-0.15, -0.1) is 0 Å².